The first-order valence-electron chi connectivity index (χ1n) is 7.54. The van der Waals surface area contributed by atoms with Gasteiger partial charge < -0.3 is 10.2 Å². The highest BCUT2D eigenvalue weighted by atomic mass is 32.2. The standard InChI is InChI=1S/C14H20N4O2S2/c1-2-21-14-16-10(9-22-14)7-12(19)18-6-5-17-4-3-15-13(20)11(17)8-18/h9,11H,2-8H2,1H3,(H,15,20)/t11-/m1/s1. The fourth-order valence-corrected chi connectivity index (χ4v) is 4.57. The van der Waals surface area contributed by atoms with Crippen LogP contribution in [0.1, 0.15) is 12.6 Å². The van der Waals surface area contributed by atoms with Crippen molar-refractivity contribution in [2.75, 3.05) is 38.5 Å². The molecule has 3 rings (SSSR count). The monoisotopic (exact) mass is 340 g/mol. The second-order valence-electron chi connectivity index (χ2n) is 5.40. The molecule has 2 amide bonds. The van der Waals surface area contributed by atoms with Crippen LogP contribution in [0.4, 0.5) is 0 Å². The number of nitrogens with zero attached hydrogens (tertiary/aromatic N) is 3. The molecule has 1 atom stereocenters. The molecule has 0 bridgehead atoms. The Balaban J connectivity index is 1.59. The molecule has 0 unspecified atom stereocenters. The molecule has 2 fully saturated rings. The molecule has 22 heavy (non-hydrogen) atoms. The van der Waals surface area contributed by atoms with Gasteiger partial charge in [0.15, 0.2) is 0 Å². The Labute approximate surface area is 138 Å². The first-order chi connectivity index (χ1) is 10.7. The number of hydrogen-bond acceptors (Lipinski definition) is 6. The predicted octanol–water partition coefficient (Wildman–Crippen LogP) is 0.440. The molecular formula is C14H20N4O2S2. The van der Waals surface area contributed by atoms with Crippen LogP contribution in [0.3, 0.4) is 0 Å². The van der Waals surface area contributed by atoms with Gasteiger partial charge in [-0.3, -0.25) is 14.5 Å². The topological polar surface area (TPSA) is 65.5 Å². The Morgan fingerprint density at radius 1 is 1.50 bits per heavy atom. The summed E-state index contributed by atoms with van der Waals surface area (Å²) in [5.74, 6) is 1.09. The van der Waals surface area contributed by atoms with Crippen LogP contribution in [0.2, 0.25) is 0 Å². The number of rotatable bonds is 4. The number of thiazole rings is 1. The van der Waals surface area contributed by atoms with Crippen molar-refractivity contribution < 1.29 is 9.59 Å². The summed E-state index contributed by atoms with van der Waals surface area (Å²) in [4.78, 5) is 32.8. The van der Waals surface area contributed by atoms with Crippen molar-refractivity contribution in [3.8, 4) is 0 Å². The van der Waals surface area contributed by atoms with Crippen LogP contribution in [0.25, 0.3) is 0 Å². The van der Waals surface area contributed by atoms with Crippen molar-refractivity contribution >= 4 is 34.9 Å². The Hall–Kier alpha value is -1.12. The second-order valence-corrected chi connectivity index (χ2v) is 7.77. The molecule has 120 valence electrons. The normalized spacial score (nSPS) is 22.3. The summed E-state index contributed by atoms with van der Waals surface area (Å²) in [6.07, 6.45) is 0.328. The Bertz CT molecular complexity index is 563. The third-order valence-electron chi connectivity index (χ3n) is 3.98. The van der Waals surface area contributed by atoms with Crippen LogP contribution in [0.5, 0.6) is 0 Å². The van der Waals surface area contributed by atoms with Crippen molar-refractivity contribution in [1.29, 1.82) is 0 Å². The van der Waals surface area contributed by atoms with Gasteiger partial charge in [-0.1, -0.05) is 18.7 Å². The number of nitrogens with one attached hydrogen (secondary N) is 1. The molecule has 8 heteroatoms. The van der Waals surface area contributed by atoms with Gasteiger partial charge in [-0.2, -0.15) is 0 Å². The van der Waals surface area contributed by atoms with Gasteiger partial charge in [0.05, 0.1) is 12.1 Å². The average Bonchev–Trinajstić information content (AvgIpc) is 2.95. The van der Waals surface area contributed by atoms with Crippen LogP contribution < -0.4 is 5.32 Å². The van der Waals surface area contributed by atoms with Crippen LogP contribution in [0, 0.1) is 0 Å². The highest BCUT2D eigenvalue weighted by molar-refractivity contribution is 8.00. The Morgan fingerprint density at radius 2 is 2.36 bits per heavy atom. The number of carbonyl (C=O) groups excluding carboxylic acids is 2. The molecule has 6 nitrogen and oxygen atoms in total. The lowest BCUT2D eigenvalue weighted by atomic mass is 10.1. The zero-order valence-corrected chi connectivity index (χ0v) is 14.2. The summed E-state index contributed by atoms with van der Waals surface area (Å²) in [6, 6.07) is -0.187. The van der Waals surface area contributed by atoms with E-state index in [2.05, 4.69) is 22.1 Å². The van der Waals surface area contributed by atoms with Crippen LogP contribution in [0.15, 0.2) is 9.72 Å². The Morgan fingerprint density at radius 3 is 3.18 bits per heavy atom. The van der Waals surface area contributed by atoms with Crippen molar-refractivity contribution in [3.05, 3.63) is 11.1 Å². The third-order valence-corrected chi connectivity index (χ3v) is 5.93. The summed E-state index contributed by atoms with van der Waals surface area (Å²) in [6.45, 7) is 5.64. The molecule has 3 heterocycles. The predicted molar refractivity (Wildman–Crippen MR) is 87.2 cm³/mol. The molecule has 2 saturated heterocycles. The van der Waals surface area contributed by atoms with Gasteiger partial charge in [-0.25, -0.2) is 4.98 Å². The van der Waals surface area contributed by atoms with E-state index in [1.165, 1.54) is 0 Å². The zero-order valence-electron chi connectivity index (χ0n) is 12.6. The number of amides is 2. The van der Waals surface area contributed by atoms with E-state index >= 15 is 0 Å². The first kappa shape index (κ1) is 15.8. The smallest absolute Gasteiger partial charge is 0.239 e. The molecule has 0 spiro atoms. The van der Waals surface area contributed by atoms with Crippen molar-refractivity contribution in [3.63, 3.8) is 0 Å². The molecule has 2 aliphatic heterocycles. The summed E-state index contributed by atoms with van der Waals surface area (Å²) in [5, 5.41) is 4.83. The van der Waals surface area contributed by atoms with Gasteiger partial charge in [0.2, 0.25) is 11.8 Å². The van der Waals surface area contributed by atoms with Crippen molar-refractivity contribution in [1.82, 2.24) is 20.1 Å². The fourth-order valence-electron chi connectivity index (χ4n) is 2.83. The van der Waals surface area contributed by atoms with Gasteiger partial charge in [-0.15, -0.1) is 11.3 Å². The van der Waals surface area contributed by atoms with Gasteiger partial charge in [0.1, 0.15) is 10.4 Å². The van der Waals surface area contributed by atoms with Crippen molar-refractivity contribution in [2.45, 2.75) is 23.7 Å². The molecular weight excluding hydrogens is 320 g/mol. The SMILES string of the molecule is CCSc1nc(CC(=O)N2CCN3CCNC(=O)[C@H]3C2)cs1. The zero-order chi connectivity index (χ0) is 15.5. The molecule has 0 aliphatic carbocycles. The molecule has 1 aromatic rings. The first-order valence-corrected chi connectivity index (χ1v) is 9.40. The molecule has 2 aliphatic rings. The largest absolute Gasteiger partial charge is 0.353 e. The fraction of sp³-hybridized carbons (Fsp3) is 0.643. The van der Waals surface area contributed by atoms with E-state index in [4.69, 9.17) is 0 Å². The number of thioether (sulfide) groups is 1. The lowest BCUT2D eigenvalue weighted by Gasteiger charge is -2.43. The summed E-state index contributed by atoms with van der Waals surface area (Å²) in [7, 11) is 0. The Kier molecular flexibility index (Phi) is 5.00. The maximum absolute atomic E-state index is 12.4. The molecule has 0 saturated carbocycles. The maximum Gasteiger partial charge on any atom is 0.239 e. The molecule has 0 aromatic carbocycles. The van der Waals surface area contributed by atoms with Gasteiger partial charge >= 0.3 is 0 Å². The highest BCUT2D eigenvalue weighted by Gasteiger charge is 2.36. The molecule has 1 N–H and O–H groups in total. The molecule has 0 radical (unpaired) electrons. The van der Waals surface area contributed by atoms with Gasteiger partial charge in [0.25, 0.3) is 0 Å². The van der Waals surface area contributed by atoms with Gasteiger partial charge in [-0.05, 0) is 5.75 Å². The summed E-state index contributed by atoms with van der Waals surface area (Å²) >= 11 is 3.29. The van der Waals surface area contributed by atoms with E-state index in [0.29, 0.717) is 26.1 Å². The van der Waals surface area contributed by atoms with E-state index in [1.54, 1.807) is 28.0 Å². The minimum atomic E-state index is -0.187. The van der Waals surface area contributed by atoms with Gasteiger partial charge in [0, 0.05) is 38.1 Å². The minimum absolute atomic E-state index is 0.0408. The molecule has 1 aromatic heterocycles. The summed E-state index contributed by atoms with van der Waals surface area (Å²) < 4.78 is 1.02. The van der Waals surface area contributed by atoms with Crippen molar-refractivity contribution in [2.24, 2.45) is 0 Å². The van der Waals surface area contributed by atoms with E-state index in [-0.39, 0.29) is 17.9 Å². The van der Waals surface area contributed by atoms with Crippen LogP contribution in [-0.4, -0.2) is 71.1 Å². The lowest BCUT2D eigenvalue weighted by Crippen LogP contribution is -2.64. The number of hydrogen-bond donors (Lipinski definition) is 1. The number of aromatic nitrogens is 1. The van der Waals surface area contributed by atoms with Crippen LogP contribution >= 0.6 is 23.1 Å². The van der Waals surface area contributed by atoms with E-state index in [9.17, 15) is 9.59 Å². The van der Waals surface area contributed by atoms with E-state index in [0.717, 1.165) is 28.9 Å². The number of carbonyl (C=O) groups is 2. The highest BCUT2D eigenvalue weighted by Crippen LogP contribution is 2.23. The summed E-state index contributed by atoms with van der Waals surface area (Å²) in [5.41, 5.74) is 0.835. The third kappa shape index (κ3) is 3.44. The average molecular weight is 340 g/mol. The quantitative estimate of drug-likeness (QED) is 0.806. The van der Waals surface area contributed by atoms with E-state index < -0.39 is 0 Å². The van der Waals surface area contributed by atoms with E-state index in [1.807, 2.05) is 5.38 Å². The number of piperazine rings is 2. The van der Waals surface area contributed by atoms with Crippen LogP contribution in [-0.2, 0) is 16.0 Å². The number of fused-ring (bicyclic) bond motifs is 1. The minimum Gasteiger partial charge on any atom is -0.353 e. The lowest BCUT2D eigenvalue weighted by molar-refractivity contribution is -0.139. The second kappa shape index (κ2) is 6.97. The maximum atomic E-state index is 12.4.